The Morgan fingerprint density at radius 1 is 1.21 bits per heavy atom. The van der Waals surface area contributed by atoms with E-state index in [9.17, 15) is 13.2 Å². The molecule has 1 aromatic rings. The molecule has 0 atom stereocenters. The van der Waals surface area contributed by atoms with Gasteiger partial charge in [0.25, 0.3) is 0 Å². The second-order valence-electron chi connectivity index (χ2n) is 5.31. The van der Waals surface area contributed by atoms with Crippen molar-refractivity contribution in [3.8, 4) is 5.75 Å². The molecule has 0 amide bonds. The van der Waals surface area contributed by atoms with Crippen molar-refractivity contribution in [3.05, 3.63) is 28.2 Å². The molecule has 0 heterocycles. The van der Waals surface area contributed by atoms with E-state index >= 15 is 0 Å². The van der Waals surface area contributed by atoms with Crippen molar-refractivity contribution in [1.82, 2.24) is 0 Å². The SMILES string of the molecule is C[Si](C)C(C)(C)COc1cc(Br)ccc1C(F)(F)F. The topological polar surface area (TPSA) is 9.23 Å². The van der Waals surface area contributed by atoms with Crippen molar-refractivity contribution in [2.24, 2.45) is 0 Å². The predicted octanol–water partition coefficient (Wildman–Crippen LogP) is 5.38. The van der Waals surface area contributed by atoms with Crippen LogP contribution in [0.2, 0.25) is 18.1 Å². The summed E-state index contributed by atoms with van der Waals surface area (Å²) in [6.45, 7) is 8.58. The smallest absolute Gasteiger partial charge is 0.419 e. The van der Waals surface area contributed by atoms with Crippen molar-refractivity contribution in [2.45, 2.75) is 38.2 Å². The number of alkyl halides is 3. The molecule has 107 valence electrons. The minimum Gasteiger partial charge on any atom is -0.493 e. The van der Waals surface area contributed by atoms with Gasteiger partial charge >= 0.3 is 6.18 Å². The third-order valence-corrected chi connectivity index (χ3v) is 6.54. The lowest BCUT2D eigenvalue weighted by Gasteiger charge is -2.28. The molecule has 0 saturated heterocycles. The van der Waals surface area contributed by atoms with E-state index in [0.717, 1.165) is 6.07 Å². The van der Waals surface area contributed by atoms with Gasteiger partial charge in [-0.25, -0.2) is 0 Å². The van der Waals surface area contributed by atoms with Crippen LogP contribution in [0.5, 0.6) is 5.75 Å². The van der Waals surface area contributed by atoms with Gasteiger partial charge in [0.2, 0.25) is 0 Å². The molecule has 0 fully saturated rings. The number of hydrogen-bond donors (Lipinski definition) is 0. The first kappa shape index (κ1) is 16.6. The van der Waals surface area contributed by atoms with Crippen molar-refractivity contribution < 1.29 is 17.9 Å². The Kier molecular flexibility index (Phi) is 5.12. The van der Waals surface area contributed by atoms with Crippen LogP contribution < -0.4 is 4.74 Å². The largest absolute Gasteiger partial charge is 0.493 e. The van der Waals surface area contributed by atoms with Crippen LogP contribution in [0.4, 0.5) is 13.2 Å². The number of benzene rings is 1. The van der Waals surface area contributed by atoms with Crippen molar-refractivity contribution in [1.29, 1.82) is 0 Å². The summed E-state index contributed by atoms with van der Waals surface area (Å²) in [6.07, 6.45) is -4.40. The molecule has 0 aromatic heterocycles. The molecule has 0 spiro atoms. The molecule has 0 saturated carbocycles. The van der Waals surface area contributed by atoms with Gasteiger partial charge in [0.1, 0.15) is 5.75 Å². The molecule has 0 aliphatic heterocycles. The van der Waals surface area contributed by atoms with Gasteiger partial charge in [-0.1, -0.05) is 42.9 Å². The number of hydrogen-bond acceptors (Lipinski definition) is 1. The molecule has 1 nitrogen and oxygen atoms in total. The molecule has 0 N–H and O–H groups in total. The lowest BCUT2D eigenvalue weighted by atomic mass is 10.2. The third kappa shape index (κ3) is 4.52. The van der Waals surface area contributed by atoms with Crippen molar-refractivity contribution >= 4 is 24.7 Å². The van der Waals surface area contributed by atoms with Gasteiger partial charge in [0, 0.05) is 4.47 Å². The molecule has 1 radical (unpaired) electrons. The van der Waals surface area contributed by atoms with Gasteiger partial charge < -0.3 is 4.74 Å². The van der Waals surface area contributed by atoms with Gasteiger partial charge in [-0.05, 0) is 23.2 Å². The van der Waals surface area contributed by atoms with Crippen LogP contribution in [0.3, 0.4) is 0 Å². The maximum absolute atomic E-state index is 12.9. The predicted molar refractivity (Wildman–Crippen MR) is 76.2 cm³/mol. The van der Waals surface area contributed by atoms with Crippen LogP contribution in [0, 0.1) is 0 Å². The minimum atomic E-state index is -4.40. The quantitative estimate of drug-likeness (QED) is 0.660. The molecule has 1 aromatic carbocycles. The summed E-state index contributed by atoms with van der Waals surface area (Å²) >= 11 is 3.17. The first-order valence-electron chi connectivity index (χ1n) is 5.84. The molecule has 0 aliphatic rings. The Morgan fingerprint density at radius 3 is 2.26 bits per heavy atom. The molecular weight excluding hydrogens is 337 g/mol. The van der Waals surface area contributed by atoms with Crippen LogP contribution in [-0.2, 0) is 6.18 Å². The zero-order chi connectivity index (χ0) is 14.8. The first-order valence-corrected chi connectivity index (χ1v) is 9.13. The van der Waals surface area contributed by atoms with Crippen LogP contribution in [0.25, 0.3) is 0 Å². The van der Waals surface area contributed by atoms with E-state index in [-0.39, 0.29) is 17.4 Å². The zero-order valence-electron chi connectivity index (χ0n) is 11.4. The number of ether oxygens (including phenoxy) is 1. The highest BCUT2D eigenvalue weighted by Gasteiger charge is 2.35. The fourth-order valence-corrected chi connectivity index (χ4v) is 1.95. The lowest BCUT2D eigenvalue weighted by molar-refractivity contribution is -0.139. The fourth-order valence-electron chi connectivity index (χ4n) is 1.25. The molecule has 0 aliphatic carbocycles. The summed E-state index contributed by atoms with van der Waals surface area (Å²) in [4.78, 5) is 0. The Hall–Kier alpha value is -0.493. The van der Waals surface area contributed by atoms with Gasteiger partial charge in [-0.3, -0.25) is 0 Å². The van der Waals surface area contributed by atoms with Crippen LogP contribution in [-0.4, -0.2) is 15.4 Å². The summed E-state index contributed by atoms with van der Waals surface area (Å²) in [6, 6.07) is 3.78. The molecule has 19 heavy (non-hydrogen) atoms. The normalized spacial score (nSPS) is 12.9. The average Bonchev–Trinajstić information content (AvgIpc) is 2.24. The fraction of sp³-hybridized carbons (Fsp3) is 0.538. The van der Waals surface area contributed by atoms with Crippen LogP contribution >= 0.6 is 15.9 Å². The van der Waals surface area contributed by atoms with Gasteiger partial charge in [-0.15, -0.1) is 0 Å². The van der Waals surface area contributed by atoms with E-state index in [1.807, 2.05) is 13.8 Å². The monoisotopic (exact) mass is 353 g/mol. The molecule has 0 bridgehead atoms. The lowest BCUT2D eigenvalue weighted by Crippen LogP contribution is -2.28. The van der Waals surface area contributed by atoms with E-state index in [4.69, 9.17) is 4.74 Å². The summed E-state index contributed by atoms with van der Waals surface area (Å²) in [5.41, 5.74) is -0.729. The van der Waals surface area contributed by atoms with Gasteiger partial charge in [0.15, 0.2) is 0 Å². The first-order chi connectivity index (χ1) is 8.54. The Balaban J connectivity index is 2.98. The van der Waals surface area contributed by atoms with Crippen molar-refractivity contribution in [2.75, 3.05) is 6.61 Å². The summed E-state index contributed by atoms with van der Waals surface area (Å²) < 4.78 is 44.6. The molecular formula is C13H17BrF3OSi. The standard InChI is InChI=1S/C13H17BrF3OSi/c1-12(2,19(3)4)8-18-11-7-9(14)5-6-10(11)13(15,16)17/h5-7H,8H2,1-4H3. The maximum Gasteiger partial charge on any atom is 0.419 e. The van der Waals surface area contributed by atoms with Crippen LogP contribution in [0.15, 0.2) is 22.7 Å². The summed E-state index contributed by atoms with van der Waals surface area (Å²) in [5, 5.41) is -0.0874. The van der Waals surface area contributed by atoms with E-state index < -0.39 is 20.5 Å². The average molecular weight is 354 g/mol. The van der Waals surface area contributed by atoms with Crippen molar-refractivity contribution in [3.63, 3.8) is 0 Å². The Labute approximate surface area is 121 Å². The van der Waals surface area contributed by atoms with E-state index in [1.54, 1.807) is 0 Å². The summed E-state index contributed by atoms with van der Waals surface area (Å²) in [5.74, 6) is -0.113. The number of halogens is 4. The Morgan fingerprint density at radius 2 is 1.79 bits per heavy atom. The highest BCUT2D eigenvalue weighted by atomic mass is 79.9. The second kappa shape index (κ2) is 5.87. The molecule has 1 rings (SSSR count). The minimum absolute atomic E-state index is 0.0874. The van der Waals surface area contributed by atoms with E-state index in [2.05, 4.69) is 29.0 Å². The Bertz CT molecular complexity index is 444. The second-order valence-corrected chi connectivity index (χ2v) is 9.58. The van der Waals surface area contributed by atoms with E-state index in [0.29, 0.717) is 4.47 Å². The van der Waals surface area contributed by atoms with Crippen LogP contribution in [0.1, 0.15) is 19.4 Å². The van der Waals surface area contributed by atoms with E-state index in [1.165, 1.54) is 12.1 Å². The third-order valence-electron chi connectivity index (χ3n) is 3.19. The number of rotatable bonds is 4. The molecule has 6 heteroatoms. The maximum atomic E-state index is 12.9. The zero-order valence-corrected chi connectivity index (χ0v) is 13.9. The van der Waals surface area contributed by atoms with Gasteiger partial charge in [0.05, 0.1) is 21.0 Å². The van der Waals surface area contributed by atoms with Gasteiger partial charge in [-0.2, -0.15) is 13.2 Å². The molecule has 0 unspecified atom stereocenters. The highest BCUT2D eigenvalue weighted by Crippen LogP contribution is 2.39. The highest BCUT2D eigenvalue weighted by molar-refractivity contribution is 9.10. The summed E-state index contributed by atoms with van der Waals surface area (Å²) in [7, 11) is -0.656.